The monoisotopic (exact) mass is 374 g/mol. The van der Waals surface area contributed by atoms with E-state index in [1.807, 2.05) is 6.07 Å². The number of aromatic nitrogens is 1. The van der Waals surface area contributed by atoms with E-state index >= 15 is 0 Å². The fraction of sp³-hybridized carbons (Fsp3) is 0. The number of nitrogens with one attached hydrogen (secondary N) is 1. The standard InChI is InChI=1S/C13H6BrClF2N2S/c14-6-4-11(9(17)5-8(6)16)19-13-18-10-3-1-2-7(15)12(10)20-13/h1-5H,(H,18,19). The first-order valence-corrected chi connectivity index (χ1v) is 7.50. The molecule has 2 nitrogen and oxygen atoms in total. The summed E-state index contributed by atoms with van der Waals surface area (Å²) in [6, 6.07) is 7.52. The Bertz CT molecular complexity index is 806. The quantitative estimate of drug-likeness (QED) is 0.578. The van der Waals surface area contributed by atoms with Gasteiger partial charge in [-0.1, -0.05) is 29.0 Å². The van der Waals surface area contributed by atoms with Crippen LogP contribution in [0.15, 0.2) is 34.8 Å². The van der Waals surface area contributed by atoms with Gasteiger partial charge in [0.25, 0.3) is 0 Å². The van der Waals surface area contributed by atoms with Crippen molar-refractivity contribution in [1.82, 2.24) is 4.98 Å². The molecule has 20 heavy (non-hydrogen) atoms. The highest BCUT2D eigenvalue weighted by Gasteiger charge is 2.11. The fourth-order valence-corrected chi connectivity index (χ4v) is 3.21. The first kappa shape index (κ1) is 13.7. The smallest absolute Gasteiger partial charge is 0.188 e. The lowest BCUT2D eigenvalue weighted by Gasteiger charge is -2.05. The number of fused-ring (bicyclic) bond motifs is 1. The number of nitrogens with zero attached hydrogens (tertiary/aromatic N) is 1. The summed E-state index contributed by atoms with van der Waals surface area (Å²) in [5.41, 5.74) is 0.875. The zero-order valence-corrected chi connectivity index (χ0v) is 12.9. The van der Waals surface area contributed by atoms with E-state index < -0.39 is 11.6 Å². The lowest BCUT2D eigenvalue weighted by molar-refractivity contribution is 0.581. The van der Waals surface area contributed by atoms with Crippen molar-refractivity contribution in [3.05, 3.63) is 51.5 Å². The molecule has 0 aliphatic heterocycles. The third kappa shape index (κ3) is 2.51. The van der Waals surface area contributed by atoms with Crippen molar-refractivity contribution < 1.29 is 8.78 Å². The van der Waals surface area contributed by atoms with Gasteiger partial charge >= 0.3 is 0 Å². The fourth-order valence-electron chi connectivity index (χ4n) is 1.70. The molecule has 0 amide bonds. The number of anilines is 2. The van der Waals surface area contributed by atoms with E-state index in [0.29, 0.717) is 10.2 Å². The topological polar surface area (TPSA) is 24.9 Å². The van der Waals surface area contributed by atoms with Crippen LogP contribution in [0.4, 0.5) is 19.6 Å². The van der Waals surface area contributed by atoms with Gasteiger partial charge < -0.3 is 5.32 Å². The van der Waals surface area contributed by atoms with Crippen LogP contribution >= 0.6 is 38.9 Å². The second-order valence-corrected chi connectivity index (χ2v) is 6.24. The SMILES string of the molecule is Fc1cc(F)c(Nc2nc3cccc(Cl)c3s2)cc1Br. The minimum atomic E-state index is -0.684. The number of benzene rings is 2. The van der Waals surface area contributed by atoms with E-state index in [1.54, 1.807) is 12.1 Å². The summed E-state index contributed by atoms with van der Waals surface area (Å²) < 4.78 is 27.9. The molecule has 0 aliphatic rings. The van der Waals surface area contributed by atoms with E-state index in [0.717, 1.165) is 16.3 Å². The zero-order valence-electron chi connectivity index (χ0n) is 9.75. The molecule has 1 aromatic heterocycles. The van der Waals surface area contributed by atoms with E-state index in [4.69, 9.17) is 11.6 Å². The highest BCUT2D eigenvalue weighted by molar-refractivity contribution is 9.10. The minimum absolute atomic E-state index is 0.147. The number of hydrogen-bond acceptors (Lipinski definition) is 3. The van der Waals surface area contributed by atoms with Gasteiger partial charge in [-0.15, -0.1) is 0 Å². The number of thiazole rings is 1. The van der Waals surface area contributed by atoms with E-state index in [2.05, 4.69) is 26.2 Å². The normalized spacial score (nSPS) is 11.0. The Kier molecular flexibility index (Phi) is 3.62. The van der Waals surface area contributed by atoms with Crippen LogP contribution in [0.3, 0.4) is 0 Å². The Balaban J connectivity index is 2.01. The summed E-state index contributed by atoms with van der Waals surface area (Å²) in [6.07, 6.45) is 0. The molecular formula is C13H6BrClF2N2S. The molecule has 0 spiro atoms. The maximum atomic E-state index is 13.7. The zero-order chi connectivity index (χ0) is 14.3. The van der Waals surface area contributed by atoms with Crippen LogP contribution in [0.1, 0.15) is 0 Å². The first-order valence-electron chi connectivity index (χ1n) is 5.51. The van der Waals surface area contributed by atoms with Crippen LogP contribution in [0, 0.1) is 11.6 Å². The molecule has 0 radical (unpaired) electrons. The Morgan fingerprint density at radius 3 is 2.75 bits per heavy atom. The average Bonchev–Trinajstić information content (AvgIpc) is 2.80. The lowest BCUT2D eigenvalue weighted by Crippen LogP contribution is -1.94. The summed E-state index contributed by atoms with van der Waals surface area (Å²) in [5, 5.41) is 3.92. The van der Waals surface area contributed by atoms with Gasteiger partial charge in [0.2, 0.25) is 0 Å². The molecule has 7 heteroatoms. The van der Waals surface area contributed by atoms with Gasteiger partial charge in [0, 0.05) is 6.07 Å². The molecule has 0 unspecified atom stereocenters. The van der Waals surface area contributed by atoms with Gasteiger partial charge in [0.15, 0.2) is 5.13 Å². The van der Waals surface area contributed by atoms with Crippen molar-refractivity contribution in [3.63, 3.8) is 0 Å². The van der Waals surface area contributed by atoms with Crippen molar-refractivity contribution in [3.8, 4) is 0 Å². The van der Waals surface area contributed by atoms with Crippen LogP contribution in [0.2, 0.25) is 5.02 Å². The molecule has 0 fully saturated rings. The molecule has 0 saturated heterocycles. The van der Waals surface area contributed by atoms with Gasteiger partial charge in [-0.2, -0.15) is 0 Å². The van der Waals surface area contributed by atoms with Crippen molar-refractivity contribution in [2.24, 2.45) is 0 Å². The van der Waals surface area contributed by atoms with Crippen LogP contribution < -0.4 is 5.32 Å². The molecule has 0 atom stereocenters. The Morgan fingerprint density at radius 1 is 1.20 bits per heavy atom. The van der Waals surface area contributed by atoms with Gasteiger partial charge in [-0.25, -0.2) is 13.8 Å². The molecule has 2 aromatic carbocycles. The van der Waals surface area contributed by atoms with Crippen molar-refractivity contribution in [2.75, 3.05) is 5.32 Å². The third-order valence-corrected chi connectivity index (χ3v) is 4.67. The number of hydrogen-bond donors (Lipinski definition) is 1. The second-order valence-electron chi connectivity index (χ2n) is 3.98. The molecule has 0 saturated carbocycles. The van der Waals surface area contributed by atoms with E-state index in [1.165, 1.54) is 17.4 Å². The first-order chi connectivity index (χ1) is 9.54. The van der Waals surface area contributed by atoms with Gasteiger partial charge in [-0.3, -0.25) is 0 Å². The summed E-state index contributed by atoms with van der Waals surface area (Å²) in [4.78, 5) is 4.31. The molecule has 0 aliphatic carbocycles. The summed E-state index contributed by atoms with van der Waals surface area (Å²) in [6.45, 7) is 0. The minimum Gasteiger partial charge on any atom is -0.329 e. The van der Waals surface area contributed by atoms with Gasteiger partial charge in [0.1, 0.15) is 11.6 Å². The second kappa shape index (κ2) is 5.27. The summed E-state index contributed by atoms with van der Waals surface area (Å²) in [7, 11) is 0. The molecule has 3 aromatic rings. The van der Waals surface area contributed by atoms with Crippen LogP contribution in [-0.4, -0.2) is 4.98 Å². The van der Waals surface area contributed by atoms with E-state index in [9.17, 15) is 8.78 Å². The Morgan fingerprint density at radius 2 is 2.00 bits per heavy atom. The largest absolute Gasteiger partial charge is 0.329 e. The Hall–Kier alpha value is -1.24. The van der Waals surface area contributed by atoms with E-state index in [-0.39, 0.29) is 10.2 Å². The average molecular weight is 376 g/mol. The van der Waals surface area contributed by atoms with Crippen LogP contribution in [0.25, 0.3) is 10.2 Å². The molecule has 102 valence electrons. The molecule has 1 N–H and O–H groups in total. The van der Waals surface area contributed by atoms with Gasteiger partial charge in [0.05, 0.1) is 25.4 Å². The predicted octanol–water partition coefficient (Wildman–Crippen LogP) is 5.73. The number of rotatable bonds is 2. The predicted molar refractivity (Wildman–Crippen MR) is 82.0 cm³/mol. The molecule has 0 bridgehead atoms. The number of halogens is 4. The summed E-state index contributed by atoms with van der Waals surface area (Å²) >= 11 is 10.4. The Labute approximate surface area is 130 Å². The third-order valence-electron chi connectivity index (χ3n) is 2.62. The maximum absolute atomic E-state index is 13.7. The molecule has 3 rings (SSSR count). The molecule has 1 heterocycles. The highest BCUT2D eigenvalue weighted by atomic mass is 79.9. The van der Waals surface area contributed by atoms with Crippen LogP contribution in [0.5, 0.6) is 0 Å². The van der Waals surface area contributed by atoms with Crippen LogP contribution in [-0.2, 0) is 0 Å². The van der Waals surface area contributed by atoms with Crippen molar-refractivity contribution >= 4 is 59.9 Å². The lowest BCUT2D eigenvalue weighted by atomic mass is 10.3. The maximum Gasteiger partial charge on any atom is 0.188 e. The summed E-state index contributed by atoms with van der Waals surface area (Å²) in [5.74, 6) is -1.34. The molecular weight excluding hydrogens is 370 g/mol. The highest BCUT2D eigenvalue weighted by Crippen LogP contribution is 2.34. The van der Waals surface area contributed by atoms with Gasteiger partial charge in [-0.05, 0) is 34.1 Å². The van der Waals surface area contributed by atoms with Crippen molar-refractivity contribution in [2.45, 2.75) is 0 Å². The van der Waals surface area contributed by atoms with Crippen molar-refractivity contribution in [1.29, 1.82) is 0 Å².